The predicted octanol–water partition coefficient (Wildman–Crippen LogP) is 36.1. The molecule has 134 heavy (non-hydrogen) atoms. The van der Waals surface area contributed by atoms with Gasteiger partial charge in [0.25, 0.3) is 0 Å². The van der Waals surface area contributed by atoms with Crippen molar-refractivity contribution in [1.82, 2.24) is 9.13 Å². The van der Waals surface area contributed by atoms with Gasteiger partial charge in [-0.3, -0.25) is 0 Å². The topological polar surface area (TPSA) is 42.6 Å². The van der Waals surface area contributed by atoms with Crippen molar-refractivity contribution >= 4 is 175 Å². The van der Waals surface area contributed by atoms with Gasteiger partial charge >= 0.3 is 0 Å². The summed E-state index contributed by atoms with van der Waals surface area (Å²) in [5.74, 6) is 0. The summed E-state index contributed by atoms with van der Waals surface area (Å²) in [4.78, 5) is 4.91. The Morgan fingerprint density at radius 2 is 0.530 bits per heavy atom. The average molecular weight is 1710 g/mol. The number of rotatable bonds is 15. The highest BCUT2D eigenvalue weighted by Crippen LogP contribution is 2.53. The van der Waals surface area contributed by atoms with Gasteiger partial charge in [-0.1, -0.05) is 364 Å². The van der Waals surface area contributed by atoms with Gasteiger partial charge in [-0.15, -0.1) is 0 Å². The molecule has 0 fully saturated rings. The number of nitrogens with zero attached hydrogens (tertiary/aromatic N) is 4. The molecule has 0 aliphatic heterocycles. The van der Waals surface area contributed by atoms with Crippen LogP contribution >= 0.6 is 0 Å². The van der Waals surface area contributed by atoms with Gasteiger partial charge in [-0.25, -0.2) is 0 Å². The largest absolute Gasteiger partial charge is 0.455 e. The van der Waals surface area contributed by atoms with Gasteiger partial charge in [0, 0.05) is 98.9 Å². The first-order chi connectivity index (χ1) is 66.5. The Hall–Kier alpha value is -17.8. The van der Waals surface area contributed by atoms with Gasteiger partial charge in [0.15, 0.2) is 0 Å². The molecule has 27 rings (SSSR count). The summed E-state index contributed by atoms with van der Waals surface area (Å²) in [5.41, 5.74) is 31.6. The number of anilines is 6. The normalized spacial score (nSPS) is 11.9. The Bertz CT molecular complexity index is 9350. The number of para-hydroxylation sites is 10. The first-order valence-corrected chi connectivity index (χ1v) is 46.0. The second-order valence-electron chi connectivity index (χ2n) is 35.2. The molecule has 0 amide bonds. The van der Waals surface area contributed by atoms with E-state index in [-0.39, 0.29) is 0 Å². The van der Waals surface area contributed by atoms with Crippen molar-refractivity contribution in [3.05, 3.63) is 485 Å². The fraction of sp³-hybridized carbons (Fsp3) is 0. The predicted molar refractivity (Wildman–Crippen MR) is 565 cm³/mol. The lowest BCUT2D eigenvalue weighted by molar-refractivity contribution is 0.669. The van der Waals surface area contributed by atoms with Gasteiger partial charge in [-0.05, 0) is 214 Å². The van der Waals surface area contributed by atoms with E-state index in [9.17, 15) is 0 Å². The highest BCUT2D eigenvalue weighted by Gasteiger charge is 2.29. The van der Waals surface area contributed by atoms with Crippen molar-refractivity contribution in [3.8, 4) is 89.3 Å². The molecular weight excluding hydrogens is 1630 g/mol. The molecule has 0 unspecified atom stereocenters. The van der Waals surface area contributed by atoms with Crippen LogP contribution in [0.25, 0.3) is 231 Å². The molecule has 0 bridgehead atoms. The molecule has 0 saturated heterocycles. The van der Waals surface area contributed by atoms with Crippen molar-refractivity contribution in [2.45, 2.75) is 0 Å². The molecule has 23 aromatic carbocycles. The van der Waals surface area contributed by atoms with E-state index in [0.717, 1.165) is 184 Å². The Morgan fingerprint density at radius 3 is 1.13 bits per heavy atom. The van der Waals surface area contributed by atoms with Crippen LogP contribution < -0.4 is 9.80 Å². The standard InChI is InChI=1S/C128H80N4O2/c1-2-35-92-86(30-1)79-123(101-42-8-7-37-95(92)101)130(117-57-19-15-48-107(117)110-51-27-53-111-108-49-16-24-63-124(108)133-127(110)111)90-71-66-82(67-72-90)84-32-26-34-88(77-84)126-94(50-29-62-122(126)132-120-60-22-12-45-104(120)105-46-13-23-61-121(105)132)87-68-75-125-114(78-87)112-54-28-52-109(128(112)134-125)106-47-14-18-56-116(106)129(91-73-74-100-98-40-4-3-38-96(98)97-39-5-6-41-99(97)113(100)80-91)89-69-64-81(65-70-89)83-31-25-33-85(76-83)93-36-9-17-55-115(93)131-118-58-20-10-43-102(118)103-44-11-21-59-119(103)131/h1-80H. The van der Waals surface area contributed by atoms with Gasteiger partial charge in [-0.2, -0.15) is 0 Å². The fourth-order valence-corrected chi connectivity index (χ4v) is 21.9. The number of hydrogen-bond donors (Lipinski definition) is 0. The van der Waals surface area contributed by atoms with E-state index in [1.165, 1.54) is 81.1 Å². The third-order valence-corrected chi connectivity index (χ3v) is 27.9. The second kappa shape index (κ2) is 31.0. The molecule has 624 valence electrons. The molecule has 0 saturated carbocycles. The second-order valence-corrected chi connectivity index (χ2v) is 35.2. The lowest BCUT2D eigenvalue weighted by atomic mass is 9.90. The SMILES string of the molecule is c1cc(-c2ccc(N(c3ccc4c5ccccc5c5ccccc5c4c3)c3ccccc3-c3cccc4c3oc3ccc(-c5cccc(-n6c7ccccc7c7ccccc76)c5-c5cccc(-c6ccc(N(c7ccccc7-c7cccc8c7oc7ccccc78)c7cc8ccccc8c8ccccc78)cc6)c5)cc34)cc2)cc(-c2ccccc2-n2c3ccccc3c3ccccc32)c1. The molecule has 0 aliphatic carbocycles. The zero-order valence-electron chi connectivity index (χ0n) is 72.8. The lowest BCUT2D eigenvalue weighted by Gasteiger charge is -2.29. The van der Waals surface area contributed by atoms with Crippen LogP contribution in [0.1, 0.15) is 0 Å². The Morgan fingerprint density at radius 1 is 0.164 bits per heavy atom. The zero-order chi connectivity index (χ0) is 88.0. The van der Waals surface area contributed by atoms with Crippen LogP contribution in [0.3, 0.4) is 0 Å². The number of fused-ring (bicyclic) bond motifs is 21. The summed E-state index contributed by atoms with van der Waals surface area (Å²) >= 11 is 0. The molecule has 4 aromatic heterocycles. The summed E-state index contributed by atoms with van der Waals surface area (Å²) in [6.07, 6.45) is 0. The fourth-order valence-electron chi connectivity index (χ4n) is 21.9. The molecule has 0 spiro atoms. The van der Waals surface area contributed by atoms with Crippen molar-refractivity contribution in [2.75, 3.05) is 9.80 Å². The lowest BCUT2D eigenvalue weighted by Crippen LogP contribution is -2.12. The molecular formula is C128H80N4O2. The summed E-state index contributed by atoms with van der Waals surface area (Å²) in [5, 5.41) is 21.2. The van der Waals surface area contributed by atoms with Crippen LogP contribution in [-0.4, -0.2) is 9.13 Å². The first-order valence-electron chi connectivity index (χ1n) is 46.0. The van der Waals surface area contributed by atoms with Crippen molar-refractivity contribution in [3.63, 3.8) is 0 Å². The molecule has 27 aromatic rings. The Kier molecular flexibility index (Phi) is 17.6. The maximum absolute atomic E-state index is 7.38. The van der Waals surface area contributed by atoms with Crippen LogP contribution in [0.5, 0.6) is 0 Å². The summed E-state index contributed by atoms with van der Waals surface area (Å²) < 4.78 is 19.1. The van der Waals surface area contributed by atoms with E-state index in [1.54, 1.807) is 0 Å². The number of hydrogen-bond acceptors (Lipinski definition) is 4. The highest BCUT2D eigenvalue weighted by molar-refractivity contribution is 6.27. The summed E-state index contributed by atoms with van der Waals surface area (Å²) in [6, 6.07) is 178. The van der Waals surface area contributed by atoms with E-state index in [0.29, 0.717) is 0 Å². The smallest absolute Gasteiger partial charge is 0.143 e. The van der Waals surface area contributed by atoms with Gasteiger partial charge < -0.3 is 27.8 Å². The van der Waals surface area contributed by atoms with Crippen molar-refractivity contribution < 1.29 is 8.83 Å². The molecule has 0 atom stereocenters. The van der Waals surface area contributed by atoms with E-state index >= 15 is 0 Å². The van der Waals surface area contributed by atoms with Gasteiger partial charge in [0.2, 0.25) is 0 Å². The average Bonchev–Trinajstić information content (AvgIpc) is 1.35. The zero-order valence-corrected chi connectivity index (χ0v) is 72.8. The van der Waals surface area contributed by atoms with Crippen molar-refractivity contribution in [1.29, 1.82) is 0 Å². The first kappa shape index (κ1) is 76.2. The number of aromatic nitrogens is 2. The Labute approximate surface area is 772 Å². The van der Waals surface area contributed by atoms with Crippen LogP contribution in [0.4, 0.5) is 34.1 Å². The number of benzene rings is 23. The van der Waals surface area contributed by atoms with Gasteiger partial charge in [0.1, 0.15) is 22.3 Å². The monoisotopic (exact) mass is 1700 g/mol. The maximum Gasteiger partial charge on any atom is 0.143 e. The quantitative estimate of drug-likeness (QED) is 0.0960. The van der Waals surface area contributed by atoms with Crippen LogP contribution in [0.15, 0.2) is 494 Å². The van der Waals surface area contributed by atoms with E-state index in [1.807, 2.05) is 6.07 Å². The highest BCUT2D eigenvalue weighted by atomic mass is 16.3. The molecule has 0 N–H and O–H groups in total. The van der Waals surface area contributed by atoms with Crippen LogP contribution in [0, 0.1) is 0 Å². The molecule has 6 heteroatoms. The van der Waals surface area contributed by atoms with E-state index in [4.69, 9.17) is 8.83 Å². The summed E-state index contributed by atoms with van der Waals surface area (Å²) in [7, 11) is 0. The minimum absolute atomic E-state index is 0.805. The Balaban J connectivity index is 0.589. The van der Waals surface area contributed by atoms with E-state index < -0.39 is 0 Å². The van der Waals surface area contributed by atoms with Crippen LogP contribution in [0.2, 0.25) is 0 Å². The molecule has 4 heterocycles. The molecule has 0 aliphatic rings. The van der Waals surface area contributed by atoms with Crippen molar-refractivity contribution in [2.24, 2.45) is 0 Å². The maximum atomic E-state index is 7.38. The number of furan rings is 2. The minimum Gasteiger partial charge on any atom is -0.455 e. The van der Waals surface area contributed by atoms with Gasteiger partial charge in [0.05, 0.1) is 50.5 Å². The summed E-state index contributed by atoms with van der Waals surface area (Å²) in [6.45, 7) is 0. The molecule has 6 nitrogen and oxygen atoms in total. The third kappa shape index (κ3) is 12.2. The van der Waals surface area contributed by atoms with Crippen LogP contribution in [-0.2, 0) is 0 Å². The van der Waals surface area contributed by atoms with E-state index in [2.05, 4.69) is 498 Å². The third-order valence-electron chi connectivity index (χ3n) is 27.9. The molecule has 0 radical (unpaired) electrons. The minimum atomic E-state index is 0.805.